The molecule has 2 aromatic heterocycles. The Balaban J connectivity index is 1.99. The van der Waals surface area contributed by atoms with Gasteiger partial charge in [0, 0.05) is 44.8 Å². The zero-order chi connectivity index (χ0) is 15.1. The van der Waals surface area contributed by atoms with Crippen LogP contribution in [-0.2, 0) is 13.0 Å². The third kappa shape index (κ3) is 4.83. The first-order chi connectivity index (χ1) is 10.2. The highest BCUT2D eigenvalue weighted by Gasteiger charge is 2.08. The highest BCUT2D eigenvalue weighted by Crippen LogP contribution is 2.18. The van der Waals surface area contributed by atoms with Crippen molar-refractivity contribution in [1.82, 2.24) is 15.3 Å². The van der Waals surface area contributed by atoms with E-state index >= 15 is 0 Å². The molecule has 0 aromatic carbocycles. The monoisotopic (exact) mass is 284 g/mol. The van der Waals surface area contributed by atoms with E-state index in [1.54, 1.807) is 0 Å². The predicted octanol–water partition coefficient (Wildman–Crippen LogP) is 2.65. The van der Waals surface area contributed by atoms with Crippen LogP contribution in [0.1, 0.15) is 25.0 Å². The molecule has 0 fully saturated rings. The second-order valence-electron chi connectivity index (χ2n) is 5.57. The quantitative estimate of drug-likeness (QED) is 0.848. The van der Waals surface area contributed by atoms with Crippen molar-refractivity contribution in [1.29, 1.82) is 0 Å². The molecule has 0 unspecified atom stereocenters. The van der Waals surface area contributed by atoms with E-state index in [9.17, 15) is 0 Å². The van der Waals surface area contributed by atoms with E-state index in [1.807, 2.05) is 24.8 Å². The summed E-state index contributed by atoms with van der Waals surface area (Å²) in [5, 5.41) is 3.47. The Hall–Kier alpha value is -1.94. The van der Waals surface area contributed by atoms with E-state index in [0.717, 1.165) is 19.5 Å². The third-order valence-electron chi connectivity index (χ3n) is 3.48. The van der Waals surface area contributed by atoms with Gasteiger partial charge in [-0.15, -0.1) is 0 Å². The van der Waals surface area contributed by atoms with Crippen LogP contribution < -0.4 is 10.2 Å². The van der Waals surface area contributed by atoms with Crippen molar-refractivity contribution in [3.8, 4) is 0 Å². The summed E-state index contributed by atoms with van der Waals surface area (Å²) in [7, 11) is 2.12. The molecule has 4 nitrogen and oxygen atoms in total. The van der Waals surface area contributed by atoms with E-state index in [1.165, 1.54) is 16.8 Å². The Kier molecular flexibility index (Phi) is 5.69. The lowest BCUT2D eigenvalue weighted by atomic mass is 10.1. The van der Waals surface area contributed by atoms with Gasteiger partial charge in [0.25, 0.3) is 0 Å². The maximum atomic E-state index is 4.27. The first-order valence-electron chi connectivity index (χ1n) is 7.43. The fraction of sp³-hybridized carbons (Fsp3) is 0.412. The molecule has 2 heterocycles. The molecule has 21 heavy (non-hydrogen) atoms. The molecule has 4 heteroatoms. The van der Waals surface area contributed by atoms with Crippen LogP contribution in [0.25, 0.3) is 0 Å². The van der Waals surface area contributed by atoms with E-state index in [2.05, 4.69) is 59.3 Å². The summed E-state index contributed by atoms with van der Waals surface area (Å²) in [6.45, 7) is 6.15. The number of hydrogen-bond donors (Lipinski definition) is 1. The maximum Gasteiger partial charge on any atom is 0.0595 e. The molecule has 0 spiro atoms. The van der Waals surface area contributed by atoms with Crippen molar-refractivity contribution < 1.29 is 0 Å². The first-order valence-corrected chi connectivity index (χ1v) is 7.43. The van der Waals surface area contributed by atoms with Gasteiger partial charge in [0.2, 0.25) is 0 Å². The van der Waals surface area contributed by atoms with E-state index in [0.29, 0.717) is 6.04 Å². The molecule has 2 rings (SSSR count). The number of nitrogens with one attached hydrogen (secondary N) is 1. The predicted molar refractivity (Wildman–Crippen MR) is 87.4 cm³/mol. The number of rotatable bonds is 7. The Morgan fingerprint density at radius 2 is 1.81 bits per heavy atom. The zero-order valence-electron chi connectivity index (χ0n) is 13.1. The van der Waals surface area contributed by atoms with Crippen LogP contribution >= 0.6 is 0 Å². The smallest absolute Gasteiger partial charge is 0.0595 e. The summed E-state index contributed by atoms with van der Waals surface area (Å²) in [5.74, 6) is 0. The molecule has 0 saturated carbocycles. The Morgan fingerprint density at radius 3 is 2.52 bits per heavy atom. The number of anilines is 1. The lowest BCUT2D eigenvalue weighted by molar-refractivity contribution is 0.588. The fourth-order valence-corrected chi connectivity index (χ4v) is 2.19. The van der Waals surface area contributed by atoms with Gasteiger partial charge >= 0.3 is 0 Å². The topological polar surface area (TPSA) is 41.1 Å². The average molecular weight is 284 g/mol. The Labute approximate surface area is 127 Å². The van der Waals surface area contributed by atoms with Gasteiger partial charge in [0.15, 0.2) is 0 Å². The number of aromatic nitrogens is 2. The second-order valence-corrected chi connectivity index (χ2v) is 5.57. The third-order valence-corrected chi connectivity index (χ3v) is 3.48. The van der Waals surface area contributed by atoms with Crippen LogP contribution in [-0.4, -0.2) is 29.6 Å². The van der Waals surface area contributed by atoms with Crippen LogP contribution in [0.3, 0.4) is 0 Å². The highest BCUT2D eigenvalue weighted by molar-refractivity contribution is 5.51. The van der Waals surface area contributed by atoms with Crippen LogP contribution in [0.2, 0.25) is 0 Å². The van der Waals surface area contributed by atoms with E-state index in [4.69, 9.17) is 0 Å². The van der Waals surface area contributed by atoms with Gasteiger partial charge < -0.3 is 10.2 Å². The normalized spacial score (nSPS) is 10.9. The fourth-order valence-electron chi connectivity index (χ4n) is 2.19. The van der Waals surface area contributed by atoms with Crippen molar-refractivity contribution in [2.24, 2.45) is 0 Å². The minimum Gasteiger partial charge on any atom is -0.373 e. The molecule has 2 aromatic rings. The van der Waals surface area contributed by atoms with E-state index in [-0.39, 0.29) is 0 Å². The number of nitrogens with zero attached hydrogens (tertiary/aromatic N) is 3. The molecular formula is C17H24N4. The van der Waals surface area contributed by atoms with Gasteiger partial charge in [0.1, 0.15) is 0 Å². The Morgan fingerprint density at radius 1 is 1.10 bits per heavy atom. The zero-order valence-corrected chi connectivity index (χ0v) is 13.1. The maximum absolute atomic E-state index is 4.27. The molecule has 112 valence electrons. The minimum absolute atomic E-state index is 0.480. The van der Waals surface area contributed by atoms with E-state index < -0.39 is 0 Å². The molecule has 0 bridgehead atoms. The summed E-state index contributed by atoms with van der Waals surface area (Å²) >= 11 is 0. The van der Waals surface area contributed by atoms with Gasteiger partial charge in [-0.3, -0.25) is 9.97 Å². The van der Waals surface area contributed by atoms with Gasteiger partial charge in [-0.25, -0.2) is 0 Å². The number of pyridine rings is 2. The van der Waals surface area contributed by atoms with Gasteiger partial charge in [-0.2, -0.15) is 0 Å². The van der Waals surface area contributed by atoms with Crippen molar-refractivity contribution in [2.75, 3.05) is 18.5 Å². The average Bonchev–Trinajstić information content (AvgIpc) is 2.52. The molecule has 0 radical (unpaired) electrons. The standard InChI is InChI=1S/C17H24N4/c1-14(2)20-12-16-6-10-19-13-17(16)21(3)11-7-15-4-8-18-9-5-15/h4-6,8-10,13-14,20H,7,11-12H2,1-3H3. The lowest BCUT2D eigenvalue weighted by Crippen LogP contribution is -2.26. The molecule has 0 aliphatic rings. The first kappa shape index (κ1) is 15.4. The molecule has 0 amide bonds. The molecule has 0 saturated heterocycles. The van der Waals surface area contributed by atoms with Gasteiger partial charge in [0.05, 0.1) is 11.9 Å². The van der Waals surface area contributed by atoms with Crippen LogP contribution in [0.4, 0.5) is 5.69 Å². The number of hydrogen-bond acceptors (Lipinski definition) is 4. The largest absolute Gasteiger partial charge is 0.373 e. The SMILES string of the molecule is CC(C)NCc1ccncc1N(C)CCc1ccncc1. The van der Waals surface area contributed by atoms with Crippen molar-refractivity contribution >= 4 is 5.69 Å². The van der Waals surface area contributed by atoms with Crippen LogP contribution in [0.5, 0.6) is 0 Å². The summed E-state index contributed by atoms with van der Waals surface area (Å²) in [4.78, 5) is 10.6. The van der Waals surface area contributed by atoms with Gasteiger partial charge in [-0.05, 0) is 35.7 Å². The molecule has 0 aliphatic carbocycles. The summed E-state index contributed by atoms with van der Waals surface area (Å²) in [5.41, 5.74) is 3.79. The molecule has 0 atom stereocenters. The van der Waals surface area contributed by atoms with Crippen LogP contribution in [0, 0.1) is 0 Å². The molecule has 1 N–H and O–H groups in total. The van der Waals surface area contributed by atoms with Crippen molar-refractivity contribution in [3.05, 3.63) is 54.1 Å². The minimum atomic E-state index is 0.480. The summed E-state index contributed by atoms with van der Waals surface area (Å²) in [6, 6.07) is 6.71. The van der Waals surface area contributed by atoms with Crippen molar-refractivity contribution in [2.45, 2.75) is 32.9 Å². The molecular weight excluding hydrogens is 260 g/mol. The van der Waals surface area contributed by atoms with Crippen molar-refractivity contribution in [3.63, 3.8) is 0 Å². The Bertz CT molecular complexity index is 539. The lowest BCUT2D eigenvalue weighted by Gasteiger charge is -2.22. The summed E-state index contributed by atoms with van der Waals surface area (Å²) in [6.07, 6.45) is 8.50. The highest BCUT2D eigenvalue weighted by atomic mass is 15.1. The van der Waals surface area contributed by atoms with Gasteiger partial charge in [-0.1, -0.05) is 13.8 Å². The van der Waals surface area contributed by atoms with Crippen LogP contribution in [0.15, 0.2) is 43.0 Å². The molecule has 0 aliphatic heterocycles. The second kappa shape index (κ2) is 7.74. The number of likely N-dealkylation sites (N-methyl/N-ethyl adjacent to an activating group) is 1. The summed E-state index contributed by atoms with van der Waals surface area (Å²) < 4.78 is 0.